The van der Waals surface area contributed by atoms with Crippen LogP contribution in [-0.4, -0.2) is 24.1 Å². The minimum atomic E-state index is -0.570. The Hall–Kier alpha value is -4.79. The standard InChI is InChI=1S/C27H20F2N6O/c1-33-16-19-25(32-35(27(19)36)22-6-3-2-5-20(22)28)24-23(33)12-11-21(29)26(24)30-15-17-7-9-18(10-8-17)34-14-4-13-31-34/h2-14,16,30H,15H2,1H3. The Morgan fingerprint density at radius 1 is 0.944 bits per heavy atom. The average Bonchev–Trinajstić information content (AvgIpc) is 3.53. The lowest BCUT2D eigenvalue weighted by Gasteiger charge is -2.16. The van der Waals surface area contributed by atoms with Crippen LogP contribution in [0.2, 0.25) is 0 Å². The van der Waals surface area contributed by atoms with E-state index >= 15 is 4.39 Å². The number of aryl methyl sites for hydroxylation is 1. The van der Waals surface area contributed by atoms with E-state index in [1.54, 1.807) is 46.9 Å². The second kappa shape index (κ2) is 8.46. The van der Waals surface area contributed by atoms with Crippen LogP contribution in [-0.2, 0) is 13.6 Å². The number of rotatable bonds is 5. The predicted molar refractivity (Wildman–Crippen MR) is 134 cm³/mol. The molecule has 0 amide bonds. The number of halogens is 2. The molecule has 0 bridgehead atoms. The quantitative estimate of drug-likeness (QED) is 0.379. The highest BCUT2D eigenvalue weighted by Crippen LogP contribution is 2.35. The summed E-state index contributed by atoms with van der Waals surface area (Å²) in [5.74, 6) is -1.05. The fourth-order valence-electron chi connectivity index (χ4n) is 4.42. The summed E-state index contributed by atoms with van der Waals surface area (Å²) in [6, 6.07) is 18.5. The Labute approximate surface area is 204 Å². The van der Waals surface area contributed by atoms with Crippen LogP contribution in [0.15, 0.2) is 90.1 Å². The first-order valence-electron chi connectivity index (χ1n) is 11.3. The van der Waals surface area contributed by atoms with Crippen LogP contribution in [0.4, 0.5) is 14.5 Å². The largest absolute Gasteiger partial charge is 0.378 e. The van der Waals surface area contributed by atoms with Gasteiger partial charge in [0.1, 0.15) is 23.0 Å². The summed E-state index contributed by atoms with van der Waals surface area (Å²) in [5.41, 5.74) is 2.88. The van der Waals surface area contributed by atoms with Crippen LogP contribution in [0.3, 0.4) is 0 Å². The molecular formula is C27H20F2N6O. The van der Waals surface area contributed by atoms with Crippen molar-refractivity contribution in [3.63, 3.8) is 0 Å². The van der Waals surface area contributed by atoms with Gasteiger partial charge in [0.05, 0.1) is 27.8 Å². The number of hydrogen-bond acceptors (Lipinski definition) is 4. The van der Waals surface area contributed by atoms with E-state index in [2.05, 4.69) is 15.5 Å². The maximum Gasteiger partial charge on any atom is 0.282 e. The lowest BCUT2D eigenvalue weighted by atomic mass is 10.1. The van der Waals surface area contributed by atoms with Gasteiger partial charge < -0.3 is 9.88 Å². The molecule has 36 heavy (non-hydrogen) atoms. The number of anilines is 1. The van der Waals surface area contributed by atoms with Crippen molar-refractivity contribution in [3.05, 3.63) is 113 Å². The number of hydrogen-bond donors (Lipinski definition) is 1. The van der Waals surface area contributed by atoms with Crippen LogP contribution in [0.5, 0.6) is 0 Å². The van der Waals surface area contributed by atoms with Crippen LogP contribution in [0.1, 0.15) is 5.56 Å². The van der Waals surface area contributed by atoms with Crippen molar-refractivity contribution >= 4 is 16.6 Å². The third-order valence-electron chi connectivity index (χ3n) is 6.21. The fraction of sp³-hybridized carbons (Fsp3) is 0.0741. The van der Waals surface area contributed by atoms with Crippen molar-refractivity contribution in [1.82, 2.24) is 24.1 Å². The van der Waals surface area contributed by atoms with E-state index in [0.29, 0.717) is 23.1 Å². The fourth-order valence-corrected chi connectivity index (χ4v) is 4.42. The Morgan fingerprint density at radius 2 is 1.75 bits per heavy atom. The normalized spacial score (nSPS) is 11.4. The molecule has 0 atom stereocenters. The zero-order valence-electron chi connectivity index (χ0n) is 19.2. The van der Waals surface area contributed by atoms with E-state index in [1.807, 2.05) is 36.5 Å². The van der Waals surface area contributed by atoms with E-state index in [-0.39, 0.29) is 16.9 Å². The monoisotopic (exact) mass is 482 g/mol. The zero-order valence-corrected chi connectivity index (χ0v) is 19.2. The molecule has 9 heteroatoms. The van der Waals surface area contributed by atoms with Crippen molar-refractivity contribution < 1.29 is 8.78 Å². The summed E-state index contributed by atoms with van der Waals surface area (Å²) in [6.45, 7) is 0.341. The molecule has 3 heterocycles. The average molecular weight is 482 g/mol. The van der Waals surface area contributed by atoms with E-state index in [9.17, 15) is 9.18 Å². The molecule has 0 fully saturated rings. The van der Waals surface area contributed by atoms with Crippen LogP contribution in [0, 0.1) is 11.6 Å². The number of nitrogens with zero attached hydrogens (tertiary/aromatic N) is 5. The number of pyridine rings is 1. The maximum absolute atomic E-state index is 15.2. The summed E-state index contributed by atoms with van der Waals surface area (Å²) < 4.78 is 34.2. The summed E-state index contributed by atoms with van der Waals surface area (Å²) >= 11 is 0. The molecule has 7 nitrogen and oxygen atoms in total. The molecular weight excluding hydrogens is 462 g/mol. The molecule has 2 aliphatic heterocycles. The van der Waals surface area contributed by atoms with Crippen LogP contribution < -0.4 is 10.9 Å². The highest BCUT2D eigenvalue weighted by Gasteiger charge is 2.24. The SMILES string of the molecule is Cn1cc2c(=O)n(-c3ccccc3F)nc-2c2c(NCc3ccc(-n4cccn4)cc3)c(F)ccc21. The molecule has 0 saturated carbocycles. The second-order valence-corrected chi connectivity index (χ2v) is 8.46. The van der Waals surface area contributed by atoms with Crippen molar-refractivity contribution in [1.29, 1.82) is 0 Å². The number of fused-ring (bicyclic) bond motifs is 3. The first kappa shape index (κ1) is 21.7. The number of benzene rings is 3. The number of nitrogens with one attached hydrogen (secondary N) is 1. The predicted octanol–water partition coefficient (Wildman–Crippen LogP) is 4.91. The number of para-hydroxylation sites is 1. The van der Waals surface area contributed by atoms with Gasteiger partial charge in [-0.25, -0.2) is 13.5 Å². The molecule has 0 unspecified atom stereocenters. The molecule has 6 rings (SSSR count). The summed E-state index contributed by atoms with van der Waals surface area (Å²) in [5, 5.41) is 12.3. The van der Waals surface area contributed by atoms with E-state index in [1.165, 1.54) is 18.2 Å². The minimum absolute atomic E-state index is 0.0395. The molecule has 0 radical (unpaired) electrons. The molecule has 0 saturated heterocycles. The summed E-state index contributed by atoms with van der Waals surface area (Å²) in [7, 11) is 1.78. The van der Waals surface area contributed by atoms with Gasteiger partial charge in [-0.3, -0.25) is 4.79 Å². The lowest BCUT2D eigenvalue weighted by Crippen LogP contribution is -2.16. The Morgan fingerprint density at radius 3 is 2.50 bits per heavy atom. The molecule has 1 aromatic heterocycles. The van der Waals surface area contributed by atoms with E-state index in [0.717, 1.165) is 15.9 Å². The van der Waals surface area contributed by atoms with Gasteiger partial charge in [0.2, 0.25) is 0 Å². The van der Waals surface area contributed by atoms with Gasteiger partial charge in [-0.15, -0.1) is 0 Å². The Kier molecular flexibility index (Phi) is 5.10. The molecule has 4 aromatic rings. The smallest absolute Gasteiger partial charge is 0.282 e. The third-order valence-corrected chi connectivity index (χ3v) is 6.21. The molecule has 0 spiro atoms. The zero-order chi connectivity index (χ0) is 24.8. The second-order valence-electron chi connectivity index (χ2n) is 8.46. The molecule has 2 aliphatic rings. The minimum Gasteiger partial charge on any atom is -0.378 e. The van der Waals surface area contributed by atoms with Crippen molar-refractivity contribution in [3.8, 4) is 22.6 Å². The molecule has 3 aromatic carbocycles. The van der Waals surface area contributed by atoms with Crippen molar-refractivity contribution in [2.75, 3.05) is 5.32 Å². The van der Waals surface area contributed by atoms with Gasteiger partial charge in [-0.2, -0.15) is 14.9 Å². The summed E-state index contributed by atoms with van der Waals surface area (Å²) in [4.78, 5) is 13.2. The van der Waals surface area contributed by atoms with Gasteiger partial charge in [0.15, 0.2) is 0 Å². The first-order chi connectivity index (χ1) is 17.5. The van der Waals surface area contributed by atoms with E-state index < -0.39 is 17.2 Å². The highest BCUT2D eigenvalue weighted by atomic mass is 19.1. The van der Waals surface area contributed by atoms with E-state index in [4.69, 9.17) is 0 Å². The Bertz CT molecular complexity index is 1740. The van der Waals surface area contributed by atoms with Gasteiger partial charge in [0.25, 0.3) is 5.56 Å². The molecule has 0 aliphatic carbocycles. The van der Waals surface area contributed by atoms with Gasteiger partial charge in [-0.05, 0) is 48.0 Å². The summed E-state index contributed by atoms with van der Waals surface area (Å²) in [6.07, 6.45) is 5.20. The molecule has 1 N–H and O–H groups in total. The number of aromatic nitrogens is 5. The van der Waals surface area contributed by atoms with Crippen molar-refractivity contribution in [2.45, 2.75) is 6.54 Å². The lowest BCUT2D eigenvalue weighted by molar-refractivity contribution is 0.609. The highest BCUT2D eigenvalue weighted by molar-refractivity contribution is 6.02. The van der Waals surface area contributed by atoms with Crippen molar-refractivity contribution in [2.24, 2.45) is 7.05 Å². The van der Waals surface area contributed by atoms with Gasteiger partial charge >= 0.3 is 0 Å². The first-order valence-corrected chi connectivity index (χ1v) is 11.3. The maximum atomic E-state index is 15.2. The molecule has 178 valence electrons. The third kappa shape index (κ3) is 3.52. The van der Waals surface area contributed by atoms with Gasteiger partial charge in [0, 0.05) is 32.2 Å². The van der Waals surface area contributed by atoms with Gasteiger partial charge in [-0.1, -0.05) is 24.3 Å². The van der Waals surface area contributed by atoms with Crippen LogP contribution >= 0.6 is 0 Å². The Balaban J connectivity index is 1.44. The van der Waals surface area contributed by atoms with Crippen LogP contribution in [0.25, 0.3) is 33.5 Å². The topological polar surface area (TPSA) is 69.7 Å².